The van der Waals surface area contributed by atoms with Crippen LogP contribution in [0.3, 0.4) is 0 Å². The van der Waals surface area contributed by atoms with Gasteiger partial charge in [0, 0.05) is 12.5 Å². The van der Waals surface area contributed by atoms with E-state index in [9.17, 15) is 0 Å². The average molecular weight is 206 g/mol. The van der Waals surface area contributed by atoms with Crippen LogP contribution in [0.4, 0.5) is 0 Å². The highest BCUT2D eigenvalue weighted by molar-refractivity contribution is 5.39. The first-order valence-electron chi connectivity index (χ1n) is 5.61. The molecule has 2 unspecified atom stereocenters. The summed E-state index contributed by atoms with van der Waals surface area (Å²) in [4.78, 5) is 0. The van der Waals surface area contributed by atoms with Crippen molar-refractivity contribution in [3.63, 3.8) is 0 Å². The molecule has 1 aromatic rings. The van der Waals surface area contributed by atoms with Crippen LogP contribution in [-0.2, 0) is 6.42 Å². The molecule has 1 heterocycles. The van der Waals surface area contributed by atoms with E-state index < -0.39 is 0 Å². The Labute approximate surface area is 90.9 Å². The Morgan fingerprint density at radius 1 is 1.53 bits per heavy atom. The van der Waals surface area contributed by atoms with Gasteiger partial charge < -0.3 is 9.84 Å². The summed E-state index contributed by atoms with van der Waals surface area (Å²) in [5.74, 6) is 1.23. The average Bonchev–Trinajstić information content (AvgIpc) is 2.27. The maximum absolute atomic E-state index is 9.10. The van der Waals surface area contributed by atoms with Gasteiger partial charge in [-0.2, -0.15) is 0 Å². The molecular weight excluding hydrogens is 188 g/mol. The van der Waals surface area contributed by atoms with Crippen LogP contribution in [0.2, 0.25) is 0 Å². The molecule has 1 aromatic carbocycles. The molecule has 1 N–H and O–H groups in total. The highest BCUT2D eigenvalue weighted by Crippen LogP contribution is 2.30. The fraction of sp³-hybridized carbons (Fsp3) is 0.538. The molecule has 0 fully saturated rings. The first-order valence-corrected chi connectivity index (χ1v) is 5.61. The molecule has 2 nitrogen and oxygen atoms in total. The maximum atomic E-state index is 9.10. The van der Waals surface area contributed by atoms with Crippen LogP contribution in [-0.4, -0.2) is 17.8 Å². The van der Waals surface area contributed by atoms with E-state index in [1.807, 2.05) is 13.0 Å². The SMILES string of the molecule is CC1CCc2cc(C(C)CO)ccc2O1. The van der Waals surface area contributed by atoms with E-state index >= 15 is 0 Å². The van der Waals surface area contributed by atoms with Crippen molar-refractivity contribution in [1.29, 1.82) is 0 Å². The number of rotatable bonds is 2. The molecule has 2 heteroatoms. The fourth-order valence-corrected chi connectivity index (χ4v) is 1.96. The van der Waals surface area contributed by atoms with Crippen molar-refractivity contribution in [2.75, 3.05) is 6.61 Å². The van der Waals surface area contributed by atoms with Gasteiger partial charge in [0.15, 0.2) is 0 Å². The fourth-order valence-electron chi connectivity index (χ4n) is 1.96. The Bertz CT molecular complexity index is 346. The van der Waals surface area contributed by atoms with Gasteiger partial charge in [0.2, 0.25) is 0 Å². The minimum Gasteiger partial charge on any atom is -0.490 e. The van der Waals surface area contributed by atoms with Crippen molar-refractivity contribution in [3.8, 4) is 5.75 Å². The topological polar surface area (TPSA) is 29.5 Å². The van der Waals surface area contributed by atoms with Gasteiger partial charge in [-0.3, -0.25) is 0 Å². The maximum Gasteiger partial charge on any atom is 0.122 e. The molecule has 82 valence electrons. The highest BCUT2D eigenvalue weighted by Gasteiger charge is 2.17. The van der Waals surface area contributed by atoms with E-state index in [2.05, 4.69) is 19.1 Å². The van der Waals surface area contributed by atoms with E-state index in [4.69, 9.17) is 9.84 Å². The highest BCUT2D eigenvalue weighted by atomic mass is 16.5. The Hall–Kier alpha value is -1.02. The number of fused-ring (bicyclic) bond motifs is 1. The van der Waals surface area contributed by atoms with E-state index in [1.54, 1.807) is 0 Å². The van der Waals surface area contributed by atoms with Crippen molar-refractivity contribution in [3.05, 3.63) is 29.3 Å². The molecule has 0 amide bonds. The second-order valence-electron chi connectivity index (χ2n) is 4.42. The second kappa shape index (κ2) is 4.23. The lowest BCUT2D eigenvalue weighted by Gasteiger charge is -2.24. The zero-order chi connectivity index (χ0) is 10.8. The standard InChI is InChI=1S/C13H18O2/c1-9(8-14)11-5-6-13-12(7-11)4-3-10(2)15-13/h5-7,9-10,14H,3-4,8H2,1-2H3. The summed E-state index contributed by atoms with van der Waals surface area (Å²) in [7, 11) is 0. The lowest BCUT2D eigenvalue weighted by Crippen LogP contribution is -2.19. The van der Waals surface area contributed by atoms with Crippen LogP contribution in [0.25, 0.3) is 0 Å². The number of aliphatic hydroxyl groups excluding tert-OH is 1. The minimum absolute atomic E-state index is 0.204. The molecule has 0 saturated carbocycles. The number of aliphatic hydroxyl groups is 1. The molecule has 1 aliphatic rings. The predicted octanol–water partition coefficient (Wildman–Crippen LogP) is 2.50. The molecule has 2 rings (SSSR count). The van der Waals surface area contributed by atoms with E-state index in [0.717, 1.165) is 18.6 Å². The zero-order valence-corrected chi connectivity index (χ0v) is 9.36. The van der Waals surface area contributed by atoms with Crippen molar-refractivity contribution in [2.45, 2.75) is 38.7 Å². The van der Waals surface area contributed by atoms with Gasteiger partial charge >= 0.3 is 0 Å². The third-order valence-corrected chi connectivity index (χ3v) is 3.08. The van der Waals surface area contributed by atoms with Crippen LogP contribution in [0, 0.1) is 0 Å². The molecule has 0 aromatic heterocycles. The minimum atomic E-state index is 0.204. The molecule has 0 spiro atoms. The monoisotopic (exact) mass is 206 g/mol. The van der Waals surface area contributed by atoms with Gasteiger partial charge in [0.05, 0.1) is 6.10 Å². The number of benzene rings is 1. The molecule has 0 saturated heterocycles. The van der Waals surface area contributed by atoms with E-state index in [-0.39, 0.29) is 12.5 Å². The largest absolute Gasteiger partial charge is 0.490 e. The van der Waals surface area contributed by atoms with Gasteiger partial charge in [-0.25, -0.2) is 0 Å². The van der Waals surface area contributed by atoms with Crippen LogP contribution in [0.5, 0.6) is 5.75 Å². The number of hydrogen-bond acceptors (Lipinski definition) is 2. The summed E-state index contributed by atoms with van der Waals surface area (Å²) in [6.07, 6.45) is 2.51. The molecular formula is C13H18O2. The van der Waals surface area contributed by atoms with Crippen LogP contribution >= 0.6 is 0 Å². The molecule has 2 atom stereocenters. The lowest BCUT2D eigenvalue weighted by molar-refractivity contribution is 0.192. The number of ether oxygens (including phenoxy) is 1. The van der Waals surface area contributed by atoms with Gasteiger partial charge in [-0.1, -0.05) is 19.1 Å². The molecule has 0 radical (unpaired) electrons. The van der Waals surface area contributed by atoms with Crippen LogP contribution < -0.4 is 4.74 Å². The van der Waals surface area contributed by atoms with Gasteiger partial charge in [-0.05, 0) is 37.0 Å². The Balaban J connectivity index is 2.26. The first-order chi connectivity index (χ1) is 7.20. The zero-order valence-electron chi connectivity index (χ0n) is 9.36. The van der Waals surface area contributed by atoms with Gasteiger partial charge in [0.1, 0.15) is 5.75 Å². The summed E-state index contributed by atoms with van der Waals surface area (Å²) >= 11 is 0. The van der Waals surface area contributed by atoms with Gasteiger partial charge in [0.25, 0.3) is 0 Å². The molecule has 0 aliphatic carbocycles. The summed E-state index contributed by atoms with van der Waals surface area (Å²) in [5, 5.41) is 9.10. The lowest BCUT2D eigenvalue weighted by atomic mass is 9.95. The number of hydrogen-bond donors (Lipinski definition) is 1. The summed E-state index contributed by atoms with van der Waals surface area (Å²) in [5.41, 5.74) is 2.49. The van der Waals surface area contributed by atoms with E-state index in [1.165, 1.54) is 11.1 Å². The van der Waals surface area contributed by atoms with Crippen molar-refractivity contribution >= 4 is 0 Å². The third-order valence-electron chi connectivity index (χ3n) is 3.08. The molecule has 0 bridgehead atoms. The van der Waals surface area contributed by atoms with Crippen molar-refractivity contribution in [1.82, 2.24) is 0 Å². The summed E-state index contributed by atoms with van der Waals surface area (Å²) in [6.45, 7) is 4.34. The predicted molar refractivity (Wildman–Crippen MR) is 60.4 cm³/mol. The Kier molecular flexibility index (Phi) is 2.96. The van der Waals surface area contributed by atoms with Crippen molar-refractivity contribution < 1.29 is 9.84 Å². The normalized spacial score (nSPS) is 21.7. The summed E-state index contributed by atoms with van der Waals surface area (Å²) in [6, 6.07) is 6.26. The summed E-state index contributed by atoms with van der Waals surface area (Å²) < 4.78 is 5.74. The third kappa shape index (κ3) is 2.15. The van der Waals surface area contributed by atoms with Gasteiger partial charge in [-0.15, -0.1) is 0 Å². The van der Waals surface area contributed by atoms with Crippen molar-refractivity contribution in [2.24, 2.45) is 0 Å². The van der Waals surface area contributed by atoms with Crippen LogP contribution in [0.15, 0.2) is 18.2 Å². The van der Waals surface area contributed by atoms with E-state index in [0.29, 0.717) is 6.10 Å². The molecule has 1 aliphatic heterocycles. The second-order valence-corrected chi connectivity index (χ2v) is 4.42. The Morgan fingerprint density at radius 3 is 3.07 bits per heavy atom. The smallest absolute Gasteiger partial charge is 0.122 e. The Morgan fingerprint density at radius 2 is 2.33 bits per heavy atom. The van der Waals surface area contributed by atoms with Crippen LogP contribution in [0.1, 0.15) is 37.3 Å². The quantitative estimate of drug-likeness (QED) is 0.805. The molecule has 15 heavy (non-hydrogen) atoms. The number of aryl methyl sites for hydroxylation is 1. The first kappa shape index (κ1) is 10.5.